The van der Waals surface area contributed by atoms with Crippen LogP contribution in [-0.4, -0.2) is 79.2 Å². The maximum absolute atomic E-state index is 12.9. The van der Waals surface area contributed by atoms with Gasteiger partial charge in [0.15, 0.2) is 5.96 Å². The van der Waals surface area contributed by atoms with Gasteiger partial charge in [0.1, 0.15) is 12.1 Å². The highest BCUT2D eigenvalue weighted by Crippen LogP contribution is 2.23. The molecule has 15 nitrogen and oxygen atoms in total. The van der Waals surface area contributed by atoms with Gasteiger partial charge in [0.2, 0.25) is 35.4 Å². The molecule has 0 spiro atoms. The van der Waals surface area contributed by atoms with Gasteiger partial charge in [-0.05, 0) is 50.3 Å². The van der Waals surface area contributed by atoms with Crippen molar-refractivity contribution in [3.63, 3.8) is 0 Å². The standard InChI is InChI=1S/C26H39Cl2N9O6/c1-14(10-16-5-6-17(27)18(28)11-16)35-22(40)12-33-24(42)19(4-3-9-32-26(30)31)37-23(41)13-34-25(43)20(36-15(2)38)7-8-21(29)39/h5-6,11,14,19-20H,3-4,7-10,12-13H2,1-2H3,(H2,29,39)(H,33,42)(H,34,43)(H,35,40)(H,36,38)(H,37,41)(H4,30,31,32). The second-order valence-corrected chi connectivity index (χ2v) is 10.5. The Morgan fingerprint density at radius 3 is 1.95 bits per heavy atom. The number of aliphatic imine (C=N–C) groups is 1. The molecular formula is C26H39Cl2N9O6. The zero-order chi connectivity index (χ0) is 32.5. The van der Waals surface area contributed by atoms with Crippen LogP contribution in [0.3, 0.4) is 0 Å². The number of rotatable bonds is 18. The van der Waals surface area contributed by atoms with Crippen LogP contribution >= 0.6 is 23.2 Å². The average molecular weight is 645 g/mol. The van der Waals surface area contributed by atoms with E-state index in [0.29, 0.717) is 22.9 Å². The van der Waals surface area contributed by atoms with E-state index >= 15 is 0 Å². The molecule has 238 valence electrons. The van der Waals surface area contributed by atoms with Gasteiger partial charge in [-0.15, -0.1) is 0 Å². The van der Waals surface area contributed by atoms with Gasteiger partial charge in [-0.1, -0.05) is 29.3 Å². The molecule has 1 aromatic rings. The van der Waals surface area contributed by atoms with Crippen LogP contribution in [0, 0.1) is 0 Å². The van der Waals surface area contributed by atoms with E-state index in [-0.39, 0.29) is 44.4 Å². The first kappa shape index (κ1) is 36.9. The molecule has 1 rings (SSSR count). The Morgan fingerprint density at radius 2 is 1.42 bits per heavy atom. The van der Waals surface area contributed by atoms with Gasteiger partial charge in [-0.25, -0.2) is 0 Å². The average Bonchev–Trinajstić information content (AvgIpc) is 2.91. The van der Waals surface area contributed by atoms with Crippen LogP contribution in [-0.2, 0) is 35.2 Å². The van der Waals surface area contributed by atoms with E-state index in [1.807, 2.05) is 0 Å². The van der Waals surface area contributed by atoms with E-state index in [1.54, 1.807) is 25.1 Å². The van der Waals surface area contributed by atoms with Crippen molar-refractivity contribution in [2.24, 2.45) is 22.2 Å². The minimum absolute atomic E-state index is 0.0632. The summed E-state index contributed by atoms with van der Waals surface area (Å²) in [7, 11) is 0. The molecule has 0 aliphatic rings. The molecule has 0 radical (unpaired) electrons. The van der Waals surface area contributed by atoms with Crippen LogP contribution in [0.15, 0.2) is 23.2 Å². The maximum atomic E-state index is 12.9. The van der Waals surface area contributed by atoms with Crippen molar-refractivity contribution >= 4 is 64.6 Å². The number of nitrogens with zero attached hydrogens (tertiary/aromatic N) is 1. The van der Waals surface area contributed by atoms with E-state index in [4.69, 9.17) is 40.4 Å². The van der Waals surface area contributed by atoms with Gasteiger partial charge in [0.25, 0.3) is 0 Å². The highest BCUT2D eigenvalue weighted by molar-refractivity contribution is 6.42. The lowest BCUT2D eigenvalue weighted by molar-refractivity contribution is -0.132. The van der Waals surface area contributed by atoms with Crippen molar-refractivity contribution in [1.29, 1.82) is 0 Å². The Bertz CT molecular complexity index is 1190. The second kappa shape index (κ2) is 19.2. The lowest BCUT2D eigenvalue weighted by atomic mass is 10.1. The molecule has 3 unspecified atom stereocenters. The normalized spacial score (nSPS) is 12.6. The van der Waals surface area contributed by atoms with Crippen molar-refractivity contribution < 1.29 is 28.8 Å². The number of hydrogen-bond donors (Lipinski definition) is 8. The zero-order valence-corrected chi connectivity index (χ0v) is 25.5. The van der Waals surface area contributed by atoms with Crippen molar-refractivity contribution in [2.75, 3.05) is 19.6 Å². The molecular weight excluding hydrogens is 605 g/mol. The van der Waals surface area contributed by atoms with Crippen LogP contribution < -0.4 is 43.8 Å². The Kier molecular flexibility index (Phi) is 16.4. The Labute approximate surface area is 259 Å². The largest absolute Gasteiger partial charge is 0.370 e. The number of benzene rings is 1. The smallest absolute Gasteiger partial charge is 0.243 e. The number of primary amides is 1. The summed E-state index contributed by atoms with van der Waals surface area (Å²) >= 11 is 12.0. The number of carbonyl (C=O) groups is 6. The summed E-state index contributed by atoms with van der Waals surface area (Å²) in [6.07, 6.45) is 0.672. The summed E-state index contributed by atoms with van der Waals surface area (Å²) in [5.74, 6) is -3.85. The third-order valence-corrected chi connectivity index (χ3v) is 6.49. The van der Waals surface area contributed by atoms with Gasteiger partial charge in [0, 0.05) is 25.9 Å². The number of amides is 6. The van der Waals surface area contributed by atoms with Gasteiger partial charge >= 0.3 is 0 Å². The summed E-state index contributed by atoms with van der Waals surface area (Å²) in [6, 6.07) is 2.69. The van der Waals surface area contributed by atoms with Gasteiger partial charge < -0.3 is 43.8 Å². The fourth-order valence-electron chi connectivity index (χ4n) is 3.80. The molecule has 17 heteroatoms. The molecule has 0 bridgehead atoms. The van der Waals surface area contributed by atoms with Gasteiger partial charge in [-0.3, -0.25) is 33.8 Å². The van der Waals surface area contributed by atoms with Crippen molar-refractivity contribution in [2.45, 2.75) is 64.1 Å². The van der Waals surface area contributed by atoms with E-state index in [9.17, 15) is 28.8 Å². The molecule has 1 aromatic carbocycles. The molecule has 11 N–H and O–H groups in total. The molecule has 0 saturated heterocycles. The minimum Gasteiger partial charge on any atom is -0.370 e. The summed E-state index contributed by atoms with van der Waals surface area (Å²) in [4.78, 5) is 76.7. The first-order valence-corrected chi connectivity index (χ1v) is 14.1. The Balaban J connectivity index is 2.71. The highest BCUT2D eigenvalue weighted by Gasteiger charge is 2.24. The van der Waals surface area contributed by atoms with Crippen LogP contribution in [0.2, 0.25) is 10.0 Å². The SMILES string of the molecule is CC(=O)NC(CCC(N)=O)C(=O)NCC(=O)NC(CCCN=C(N)N)C(=O)NCC(=O)NC(C)Cc1ccc(Cl)c(Cl)c1. The molecule has 6 amide bonds. The quantitative estimate of drug-likeness (QED) is 0.0534. The first-order valence-electron chi connectivity index (χ1n) is 13.4. The summed E-state index contributed by atoms with van der Waals surface area (Å²) in [6.45, 7) is 2.27. The fourth-order valence-corrected chi connectivity index (χ4v) is 4.12. The van der Waals surface area contributed by atoms with Gasteiger partial charge in [-0.2, -0.15) is 0 Å². The molecule has 0 saturated carbocycles. The maximum Gasteiger partial charge on any atom is 0.243 e. The third-order valence-electron chi connectivity index (χ3n) is 5.75. The Morgan fingerprint density at radius 1 is 0.837 bits per heavy atom. The van der Waals surface area contributed by atoms with Crippen LogP contribution in [0.25, 0.3) is 0 Å². The van der Waals surface area contributed by atoms with E-state index < -0.39 is 54.1 Å². The number of nitrogens with one attached hydrogen (secondary N) is 5. The topological polar surface area (TPSA) is 253 Å². The summed E-state index contributed by atoms with van der Waals surface area (Å²) in [5.41, 5.74) is 16.6. The first-order chi connectivity index (χ1) is 20.2. The van der Waals surface area contributed by atoms with Crippen LogP contribution in [0.4, 0.5) is 0 Å². The lowest BCUT2D eigenvalue weighted by Gasteiger charge is -2.20. The number of guanidine groups is 1. The molecule has 0 aliphatic carbocycles. The van der Waals surface area contributed by atoms with E-state index in [2.05, 4.69) is 31.6 Å². The molecule has 0 fully saturated rings. The summed E-state index contributed by atoms with van der Waals surface area (Å²) in [5, 5.41) is 13.3. The molecule has 3 atom stereocenters. The van der Waals surface area contributed by atoms with Crippen molar-refractivity contribution in [3.8, 4) is 0 Å². The second-order valence-electron chi connectivity index (χ2n) is 9.68. The van der Waals surface area contributed by atoms with E-state index in [1.165, 1.54) is 6.92 Å². The number of hydrogen-bond acceptors (Lipinski definition) is 7. The van der Waals surface area contributed by atoms with Gasteiger partial charge in [0.05, 0.1) is 23.1 Å². The predicted octanol–water partition coefficient (Wildman–Crippen LogP) is -1.42. The number of nitrogens with two attached hydrogens (primary N) is 3. The molecule has 43 heavy (non-hydrogen) atoms. The monoisotopic (exact) mass is 643 g/mol. The van der Waals surface area contributed by atoms with Crippen molar-refractivity contribution in [1.82, 2.24) is 26.6 Å². The molecule has 0 aromatic heterocycles. The number of carbonyl (C=O) groups excluding carboxylic acids is 6. The molecule has 0 heterocycles. The van der Waals surface area contributed by atoms with Crippen molar-refractivity contribution in [3.05, 3.63) is 33.8 Å². The van der Waals surface area contributed by atoms with E-state index in [0.717, 1.165) is 5.56 Å². The Hall–Kier alpha value is -4.11. The third kappa shape index (κ3) is 16.2. The minimum atomic E-state index is -1.09. The van der Waals surface area contributed by atoms with Crippen LogP contribution in [0.5, 0.6) is 0 Å². The predicted molar refractivity (Wildman–Crippen MR) is 162 cm³/mol. The highest BCUT2D eigenvalue weighted by atomic mass is 35.5. The van der Waals surface area contributed by atoms with Crippen LogP contribution in [0.1, 0.15) is 45.1 Å². The number of halogens is 2. The summed E-state index contributed by atoms with van der Waals surface area (Å²) < 4.78 is 0. The zero-order valence-electron chi connectivity index (χ0n) is 24.0. The lowest BCUT2D eigenvalue weighted by Crippen LogP contribution is -2.53. The fraction of sp³-hybridized carbons (Fsp3) is 0.500. The molecule has 0 aliphatic heterocycles.